The fraction of sp³-hybridized carbons (Fsp3) is 0.824. The van der Waals surface area contributed by atoms with Gasteiger partial charge in [-0.3, -0.25) is 14.5 Å². The van der Waals surface area contributed by atoms with E-state index in [1.54, 1.807) is 0 Å². The minimum atomic E-state index is -0.784. The summed E-state index contributed by atoms with van der Waals surface area (Å²) < 4.78 is 0. The van der Waals surface area contributed by atoms with Crippen molar-refractivity contribution in [3.8, 4) is 0 Å². The number of imide groups is 1. The number of ketones is 1. The van der Waals surface area contributed by atoms with Gasteiger partial charge in [-0.25, -0.2) is 4.79 Å². The molecule has 1 saturated carbocycles. The molecule has 0 bridgehead atoms. The van der Waals surface area contributed by atoms with Crippen LogP contribution in [0.15, 0.2) is 0 Å². The summed E-state index contributed by atoms with van der Waals surface area (Å²) in [6, 6.07) is -0.393. The molecule has 0 atom stereocenters. The van der Waals surface area contributed by atoms with Crippen LogP contribution in [0.5, 0.6) is 0 Å². The van der Waals surface area contributed by atoms with Gasteiger partial charge in [-0.2, -0.15) is 0 Å². The monoisotopic (exact) mass is 308 g/mol. The summed E-state index contributed by atoms with van der Waals surface area (Å²) in [5.41, 5.74) is -0.784. The number of urea groups is 1. The normalized spacial score (nSPS) is 22.0. The van der Waals surface area contributed by atoms with E-state index in [4.69, 9.17) is 0 Å². The molecule has 2 fully saturated rings. The molecule has 1 N–H and O–H groups in total. The summed E-state index contributed by atoms with van der Waals surface area (Å²) >= 11 is 0. The molecule has 124 valence electrons. The number of rotatable bonds is 7. The Morgan fingerprint density at radius 3 is 2.27 bits per heavy atom. The van der Waals surface area contributed by atoms with Gasteiger partial charge in [-0.1, -0.05) is 46.0 Å². The Bertz CT molecular complexity index is 435. The topological polar surface area (TPSA) is 66.5 Å². The Kier molecular flexibility index (Phi) is 5.59. The summed E-state index contributed by atoms with van der Waals surface area (Å²) in [7, 11) is 0. The lowest BCUT2D eigenvalue weighted by Gasteiger charge is -2.26. The first-order valence-electron chi connectivity index (χ1n) is 8.71. The Balaban J connectivity index is 2.06. The van der Waals surface area contributed by atoms with Crippen molar-refractivity contribution < 1.29 is 14.4 Å². The molecule has 5 heteroatoms. The molecule has 1 heterocycles. The zero-order valence-electron chi connectivity index (χ0n) is 13.8. The number of amides is 3. The van der Waals surface area contributed by atoms with Crippen molar-refractivity contribution in [2.75, 3.05) is 6.54 Å². The number of Topliss-reactive ketones (excluding diaryl/α,β-unsaturated/α-hetero) is 1. The second-order valence-corrected chi connectivity index (χ2v) is 6.70. The Labute approximate surface area is 132 Å². The number of carbonyl (C=O) groups excluding carboxylic acids is 3. The van der Waals surface area contributed by atoms with E-state index in [2.05, 4.69) is 5.32 Å². The molecule has 5 nitrogen and oxygen atoms in total. The van der Waals surface area contributed by atoms with Crippen LogP contribution in [0.3, 0.4) is 0 Å². The molecule has 0 spiro atoms. The van der Waals surface area contributed by atoms with E-state index in [0.29, 0.717) is 12.8 Å². The van der Waals surface area contributed by atoms with Gasteiger partial charge in [-0.15, -0.1) is 0 Å². The molecule has 2 rings (SSSR count). The zero-order valence-corrected chi connectivity index (χ0v) is 13.8. The van der Waals surface area contributed by atoms with Crippen molar-refractivity contribution in [2.24, 2.45) is 5.92 Å². The number of carbonyl (C=O) groups is 3. The minimum absolute atomic E-state index is 0.0294. The third-order valence-corrected chi connectivity index (χ3v) is 4.97. The molecule has 1 aliphatic heterocycles. The van der Waals surface area contributed by atoms with Crippen LogP contribution in [0.2, 0.25) is 0 Å². The Morgan fingerprint density at radius 2 is 1.73 bits per heavy atom. The molecule has 0 radical (unpaired) electrons. The van der Waals surface area contributed by atoms with Crippen LogP contribution < -0.4 is 5.32 Å². The van der Waals surface area contributed by atoms with Gasteiger partial charge in [0, 0.05) is 5.92 Å². The van der Waals surface area contributed by atoms with Crippen molar-refractivity contribution in [3.05, 3.63) is 0 Å². The van der Waals surface area contributed by atoms with Gasteiger partial charge < -0.3 is 5.32 Å². The summed E-state index contributed by atoms with van der Waals surface area (Å²) in [5, 5.41) is 2.86. The molecule has 22 heavy (non-hydrogen) atoms. The van der Waals surface area contributed by atoms with Crippen molar-refractivity contribution in [3.63, 3.8) is 0 Å². The van der Waals surface area contributed by atoms with Gasteiger partial charge >= 0.3 is 6.03 Å². The van der Waals surface area contributed by atoms with E-state index in [9.17, 15) is 14.4 Å². The number of hydrogen-bond acceptors (Lipinski definition) is 3. The maximum atomic E-state index is 12.7. The summed E-state index contributed by atoms with van der Waals surface area (Å²) in [5.74, 6) is -0.126. The fourth-order valence-corrected chi connectivity index (χ4v) is 3.85. The molecule has 0 aromatic heterocycles. The molecule has 0 aromatic carbocycles. The second-order valence-electron chi connectivity index (χ2n) is 6.70. The summed E-state index contributed by atoms with van der Waals surface area (Å²) in [4.78, 5) is 38.5. The van der Waals surface area contributed by atoms with Crippen molar-refractivity contribution >= 4 is 17.7 Å². The van der Waals surface area contributed by atoms with Gasteiger partial charge in [0.15, 0.2) is 5.78 Å². The van der Waals surface area contributed by atoms with Crippen molar-refractivity contribution in [1.82, 2.24) is 10.2 Å². The van der Waals surface area contributed by atoms with E-state index in [0.717, 1.165) is 43.4 Å². The van der Waals surface area contributed by atoms with Gasteiger partial charge in [-0.05, 0) is 25.7 Å². The van der Waals surface area contributed by atoms with Crippen LogP contribution in [0.1, 0.15) is 71.6 Å². The number of nitrogens with zero attached hydrogens (tertiary/aromatic N) is 1. The Morgan fingerprint density at radius 1 is 1.14 bits per heavy atom. The van der Waals surface area contributed by atoms with Gasteiger partial charge in [0.25, 0.3) is 5.91 Å². The van der Waals surface area contributed by atoms with Gasteiger partial charge in [0.1, 0.15) is 5.54 Å². The summed E-state index contributed by atoms with van der Waals surface area (Å²) in [6.45, 7) is 3.96. The zero-order chi connectivity index (χ0) is 16.2. The molecule has 0 unspecified atom stereocenters. The van der Waals surface area contributed by atoms with E-state index in [-0.39, 0.29) is 24.2 Å². The van der Waals surface area contributed by atoms with Crippen LogP contribution >= 0.6 is 0 Å². The third kappa shape index (κ3) is 3.33. The average Bonchev–Trinajstić information content (AvgIpc) is 2.73. The van der Waals surface area contributed by atoms with E-state index in [1.165, 1.54) is 6.42 Å². The standard InChI is InChI=1S/C17H28N2O3/c1-3-10-17(11-4-2)15(21)19(16(22)18-17)12-14(20)13-8-6-5-7-9-13/h13H,3-12H2,1-2H3,(H,18,22). The lowest BCUT2D eigenvalue weighted by atomic mass is 9.85. The smallest absolute Gasteiger partial charge is 0.323 e. The maximum Gasteiger partial charge on any atom is 0.325 e. The largest absolute Gasteiger partial charge is 0.325 e. The first-order chi connectivity index (χ1) is 10.5. The average molecular weight is 308 g/mol. The predicted molar refractivity (Wildman–Crippen MR) is 84.4 cm³/mol. The van der Waals surface area contributed by atoms with Crippen LogP contribution in [-0.4, -0.2) is 34.7 Å². The Hall–Kier alpha value is -1.39. The molecule has 2 aliphatic rings. The first kappa shape index (κ1) is 17.0. The van der Waals surface area contributed by atoms with Crippen molar-refractivity contribution in [2.45, 2.75) is 77.2 Å². The van der Waals surface area contributed by atoms with E-state index < -0.39 is 11.6 Å². The van der Waals surface area contributed by atoms with E-state index in [1.807, 2.05) is 13.8 Å². The molecule has 3 amide bonds. The van der Waals surface area contributed by atoms with Crippen LogP contribution in [0, 0.1) is 5.92 Å². The second kappa shape index (κ2) is 7.25. The summed E-state index contributed by atoms with van der Waals surface area (Å²) in [6.07, 6.45) is 8.07. The minimum Gasteiger partial charge on any atom is -0.323 e. The van der Waals surface area contributed by atoms with Crippen LogP contribution in [-0.2, 0) is 9.59 Å². The maximum absolute atomic E-state index is 12.7. The van der Waals surface area contributed by atoms with Gasteiger partial charge in [0.2, 0.25) is 0 Å². The number of nitrogens with one attached hydrogen (secondary N) is 1. The van der Waals surface area contributed by atoms with Crippen molar-refractivity contribution in [1.29, 1.82) is 0 Å². The molecule has 1 aliphatic carbocycles. The predicted octanol–water partition coefficient (Wildman–Crippen LogP) is 3.03. The highest BCUT2D eigenvalue weighted by Crippen LogP contribution is 2.29. The molecular formula is C17H28N2O3. The highest BCUT2D eigenvalue weighted by atomic mass is 16.2. The van der Waals surface area contributed by atoms with Crippen LogP contribution in [0.4, 0.5) is 4.79 Å². The molecule has 0 aromatic rings. The fourth-order valence-electron chi connectivity index (χ4n) is 3.85. The van der Waals surface area contributed by atoms with Gasteiger partial charge in [0.05, 0.1) is 6.54 Å². The SMILES string of the molecule is CCCC1(CCC)NC(=O)N(CC(=O)C2CCCCC2)C1=O. The first-order valence-corrected chi connectivity index (χ1v) is 8.71. The highest BCUT2D eigenvalue weighted by molar-refractivity contribution is 6.09. The quantitative estimate of drug-likeness (QED) is 0.735. The molecular weight excluding hydrogens is 280 g/mol. The van der Waals surface area contributed by atoms with E-state index >= 15 is 0 Å². The van der Waals surface area contributed by atoms with Crippen LogP contribution in [0.25, 0.3) is 0 Å². The lowest BCUT2D eigenvalue weighted by molar-refractivity contribution is -0.136. The number of hydrogen-bond donors (Lipinski definition) is 1. The third-order valence-electron chi connectivity index (χ3n) is 4.97. The highest BCUT2D eigenvalue weighted by Gasteiger charge is 2.50. The molecule has 1 saturated heterocycles. The lowest BCUT2D eigenvalue weighted by Crippen LogP contribution is -2.47.